The SMILES string of the molecule is CC1=CC(=O)CCC1(C)F. The number of carbonyl (C=O) groups excluding carboxylic acids is 1. The second-order valence-corrected chi connectivity index (χ2v) is 2.99. The van der Waals surface area contributed by atoms with Crippen LogP contribution >= 0.6 is 0 Å². The van der Waals surface area contributed by atoms with Crippen molar-refractivity contribution in [3.8, 4) is 0 Å². The Kier molecular flexibility index (Phi) is 1.63. The molecule has 0 saturated heterocycles. The smallest absolute Gasteiger partial charge is 0.155 e. The molecule has 1 aliphatic rings. The van der Waals surface area contributed by atoms with Crippen molar-refractivity contribution in [2.75, 3.05) is 0 Å². The molecular formula is C8H11FO. The molecule has 0 amide bonds. The molecule has 1 aliphatic carbocycles. The quantitative estimate of drug-likeness (QED) is 0.505. The van der Waals surface area contributed by atoms with E-state index in [0.29, 0.717) is 18.4 Å². The van der Waals surface area contributed by atoms with Crippen LogP contribution in [0.3, 0.4) is 0 Å². The highest BCUT2D eigenvalue weighted by Crippen LogP contribution is 2.30. The van der Waals surface area contributed by atoms with Gasteiger partial charge in [-0.15, -0.1) is 0 Å². The van der Waals surface area contributed by atoms with E-state index in [4.69, 9.17) is 0 Å². The standard InChI is InChI=1S/C8H11FO/c1-6-5-7(10)3-4-8(6,2)9/h5H,3-4H2,1-2H3. The fourth-order valence-corrected chi connectivity index (χ4v) is 1.02. The molecule has 0 aliphatic heterocycles. The minimum Gasteiger partial charge on any atom is -0.295 e. The van der Waals surface area contributed by atoms with Crippen molar-refractivity contribution < 1.29 is 9.18 Å². The molecule has 0 bridgehead atoms. The summed E-state index contributed by atoms with van der Waals surface area (Å²) in [6.45, 7) is 3.18. The summed E-state index contributed by atoms with van der Waals surface area (Å²) >= 11 is 0. The molecule has 1 nitrogen and oxygen atoms in total. The second-order valence-electron chi connectivity index (χ2n) is 2.99. The first-order valence-electron chi connectivity index (χ1n) is 3.43. The van der Waals surface area contributed by atoms with Crippen molar-refractivity contribution in [1.82, 2.24) is 0 Å². The van der Waals surface area contributed by atoms with Crippen LogP contribution in [0.15, 0.2) is 11.6 Å². The number of ketones is 1. The predicted octanol–water partition coefficient (Wildman–Crippen LogP) is 2.02. The van der Waals surface area contributed by atoms with Crippen LogP contribution < -0.4 is 0 Å². The van der Waals surface area contributed by atoms with Gasteiger partial charge in [0, 0.05) is 6.42 Å². The maximum atomic E-state index is 13.2. The van der Waals surface area contributed by atoms with E-state index in [0.717, 1.165) is 0 Å². The number of halogens is 1. The van der Waals surface area contributed by atoms with E-state index in [9.17, 15) is 9.18 Å². The van der Waals surface area contributed by atoms with Gasteiger partial charge in [-0.1, -0.05) is 0 Å². The van der Waals surface area contributed by atoms with E-state index < -0.39 is 5.67 Å². The van der Waals surface area contributed by atoms with Gasteiger partial charge in [-0.05, 0) is 31.9 Å². The Bertz CT molecular complexity index is 191. The minimum atomic E-state index is -1.24. The highest BCUT2D eigenvalue weighted by atomic mass is 19.1. The monoisotopic (exact) mass is 142 g/mol. The minimum absolute atomic E-state index is 0.0487. The lowest BCUT2D eigenvalue weighted by Crippen LogP contribution is -2.25. The van der Waals surface area contributed by atoms with Crippen LogP contribution in [0, 0.1) is 0 Å². The Morgan fingerprint density at radius 3 is 2.70 bits per heavy atom. The normalized spacial score (nSPS) is 33.9. The lowest BCUT2D eigenvalue weighted by Gasteiger charge is -2.24. The van der Waals surface area contributed by atoms with Gasteiger partial charge in [0.05, 0.1) is 0 Å². The van der Waals surface area contributed by atoms with Gasteiger partial charge in [0.15, 0.2) is 5.78 Å². The topological polar surface area (TPSA) is 17.1 Å². The molecule has 56 valence electrons. The molecule has 0 aromatic carbocycles. The van der Waals surface area contributed by atoms with Gasteiger partial charge in [-0.2, -0.15) is 0 Å². The number of alkyl halides is 1. The van der Waals surface area contributed by atoms with E-state index in [1.54, 1.807) is 6.92 Å². The van der Waals surface area contributed by atoms with Gasteiger partial charge < -0.3 is 0 Å². The van der Waals surface area contributed by atoms with Crippen LogP contribution in [0.25, 0.3) is 0 Å². The molecule has 1 atom stereocenters. The van der Waals surface area contributed by atoms with Crippen molar-refractivity contribution in [2.24, 2.45) is 0 Å². The number of rotatable bonds is 0. The molecular weight excluding hydrogens is 131 g/mol. The Labute approximate surface area is 59.9 Å². The molecule has 1 rings (SSSR count). The fourth-order valence-electron chi connectivity index (χ4n) is 1.02. The Balaban J connectivity index is 2.88. The van der Waals surface area contributed by atoms with Gasteiger partial charge in [-0.25, -0.2) is 4.39 Å². The largest absolute Gasteiger partial charge is 0.295 e. The molecule has 2 heteroatoms. The molecule has 0 spiro atoms. The van der Waals surface area contributed by atoms with E-state index in [1.807, 2.05) is 0 Å². The summed E-state index contributed by atoms with van der Waals surface area (Å²) in [5, 5.41) is 0. The van der Waals surface area contributed by atoms with Crippen molar-refractivity contribution in [2.45, 2.75) is 32.4 Å². The van der Waals surface area contributed by atoms with Crippen LogP contribution in [0.2, 0.25) is 0 Å². The van der Waals surface area contributed by atoms with Crippen molar-refractivity contribution in [1.29, 1.82) is 0 Å². The van der Waals surface area contributed by atoms with Crippen LogP contribution in [-0.4, -0.2) is 11.5 Å². The number of hydrogen-bond donors (Lipinski definition) is 0. The van der Waals surface area contributed by atoms with Gasteiger partial charge in [-0.3, -0.25) is 4.79 Å². The van der Waals surface area contributed by atoms with Gasteiger partial charge >= 0.3 is 0 Å². The summed E-state index contributed by atoms with van der Waals surface area (Å²) in [5.41, 5.74) is -0.683. The third-order valence-electron chi connectivity index (χ3n) is 2.04. The van der Waals surface area contributed by atoms with Crippen LogP contribution in [-0.2, 0) is 4.79 Å². The Morgan fingerprint density at radius 2 is 2.30 bits per heavy atom. The van der Waals surface area contributed by atoms with E-state index in [1.165, 1.54) is 13.0 Å². The molecule has 0 saturated carbocycles. The number of carbonyl (C=O) groups is 1. The average Bonchev–Trinajstić information content (AvgIpc) is 1.81. The molecule has 0 N–H and O–H groups in total. The summed E-state index contributed by atoms with van der Waals surface area (Å²) in [6.07, 6.45) is 2.10. The predicted molar refractivity (Wildman–Crippen MR) is 37.5 cm³/mol. The van der Waals surface area contributed by atoms with Crippen molar-refractivity contribution in [3.63, 3.8) is 0 Å². The summed E-state index contributed by atoms with van der Waals surface area (Å²) in [4.78, 5) is 10.7. The number of hydrogen-bond acceptors (Lipinski definition) is 1. The average molecular weight is 142 g/mol. The lowest BCUT2D eigenvalue weighted by atomic mass is 9.87. The molecule has 0 radical (unpaired) electrons. The second kappa shape index (κ2) is 2.19. The van der Waals surface area contributed by atoms with Gasteiger partial charge in [0.1, 0.15) is 5.67 Å². The Hall–Kier alpha value is -0.660. The zero-order valence-electron chi connectivity index (χ0n) is 6.28. The maximum absolute atomic E-state index is 13.2. The first-order chi connectivity index (χ1) is 4.52. The third-order valence-corrected chi connectivity index (χ3v) is 2.04. The van der Waals surface area contributed by atoms with E-state index >= 15 is 0 Å². The first-order valence-corrected chi connectivity index (χ1v) is 3.43. The first kappa shape index (κ1) is 7.45. The lowest BCUT2D eigenvalue weighted by molar-refractivity contribution is -0.115. The zero-order chi connectivity index (χ0) is 7.78. The summed E-state index contributed by atoms with van der Waals surface area (Å²) in [5.74, 6) is 0.0487. The molecule has 1 unspecified atom stereocenters. The van der Waals surface area contributed by atoms with Gasteiger partial charge in [0.25, 0.3) is 0 Å². The van der Waals surface area contributed by atoms with Crippen LogP contribution in [0.5, 0.6) is 0 Å². The Morgan fingerprint density at radius 1 is 1.70 bits per heavy atom. The van der Waals surface area contributed by atoms with Gasteiger partial charge in [0.2, 0.25) is 0 Å². The highest BCUT2D eigenvalue weighted by Gasteiger charge is 2.29. The molecule has 0 aromatic rings. The maximum Gasteiger partial charge on any atom is 0.155 e. The van der Waals surface area contributed by atoms with E-state index in [2.05, 4.69) is 0 Å². The molecule has 0 heterocycles. The third kappa shape index (κ3) is 1.25. The van der Waals surface area contributed by atoms with E-state index in [-0.39, 0.29) is 5.78 Å². The number of allylic oxidation sites excluding steroid dienone is 2. The summed E-state index contributed by atoms with van der Waals surface area (Å²) in [6, 6.07) is 0. The van der Waals surface area contributed by atoms with Crippen molar-refractivity contribution >= 4 is 5.78 Å². The molecule has 0 fully saturated rings. The molecule has 0 aromatic heterocycles. The highest BCUT2D eigenvalue weighted by molar-refractivity contribution is 5.91. The summed E-state index contributed by atoms with van der Waals surface area (Å²) in [7, 11) is 0. The van der Waals surface area contributed by atoms with Crippen LogP contribution in [0.4, 0.5) is 4.39 Å². The molecule has 10 heavy (non-hydrogen) atoms. The zero-order valence-corrected chi connectivity index (χ0v) is 6.28. The van der Waals surface area contributed by atoms with Crippen LogP contribution in [0.1, 0.15) is 26.7 Å². The summed E-state index contributed by atoms with van der Waals surface area (Å²) < 4.78 is 13.2. The van der Waals surface area contributed by atoms with Crippen molar-refractivity contribution in [3.05, 3.63) is 11.6 Å². The fraction of sp³-hybridized carbons (Fsp3) is 0.625.